The Hall–Kier alpha value is -3.56. The summed E-state index contributed by atoms with van der Waals surface area (Å²) in [6, 6.07) is 8.17. The molecule has 0 bridgehead atoms. The van der Waals surface area contributed by atoms with Crippen LogP contribution in [-0.4, -0.2) is 36.3 Å². The zero-order valence-electron chi connectivity index (χ0n) is 19.7. The minimum absolute atomic E-state index is 0.0882. The van der Waals surface area contributed by atoms with Crippen molar-refractivity contribution in [3.63, 3.8) is 0 Å². The molecule has 2 heterocycles. The maximum absolute atomic E-state index is 15.3. The highest BCUT2D eigenvalue weighted by Crippen LogP contribution is 2.24. The first-order chi connectivity index (χ1) is 15.6. The number of hydrogen-bond donors (Lipinski definition) is 1. The van der Waals surface area contributed by atoms with Crippen molar-refractivity contribution in [1.29, 1.82) is 0 Å². The van der Waals surface area contributed by atoms with E-state index in [4.69, 9.17) is 4.74 Å². The first-order valence-electron chi connectivity index (χ1n) is 10.8. The van der Waals surface area contributed by atoms with E-state index in [1.807, 2.05) is 34.6 Å². The van der Waals surface area contributed by atoms with Crippen molar-refractivity contribution in [3.05, 3.63) is 58.2 Å². The number of ether oxygens (including phenoxy) is 1. The summed E-state index contributed by atoms with van der Waals surface area (Å²) in [5.74, 6) is -1.05. The van der Waals surface area contributed by atoms with Crippen LogP contribution in [0.2, 0.25) is 0 Å². The Kier molecular flexibility index (Phi) is 7.25. The zero-order valence-corrected chi connectivity index (χ0v) is 19.7. The summed E-state index contributed by atoms with van der Waals surface area (Å²) >= 11 is 0. The number of benzene rings is 1. The number of carbonyl (C=O) groups is 1. The Morgan fingerprint density at radius 2 is 1.79 bits per heavy atom. The van der Waals surface area contributed by atoms with E-state index >= 15 is 4.39 Å². The lowest BCUT2D eigenvalue weighted by atomic mass is 10.1. The average Bonchev–Trinajstić information content (AvgIpc) is 3.02. The van der Waals surface area contributed by atoms with Crippen LogP contribution in [0, 0.1) is 11.9 Å². The van der Waals surface area contributed by atoms with Gasteiger partial charge in [0.05, 0.1) is 6.10 Å². The summed E-state index contributed by atoms with van der Waals surface area (Å²) in [5.41, 5.74) is -0.594. The molecule has 33 heavy (non-hydrogen) atoms. The van der Waals surface area contributed by atoms with Crippen LogP contribution in [0.5, 0.6) is 6.01 Å². The highest BCUT2D eigenvalue weighted by Gasteiger charge is 2.25. The molecule has 1 aromatic carbocycles. The number of aromatic nitrogens is 5. The van der Waals surface area contributed by atoms with E-state index in [0.717, 1.165) is 4.68 Å². The van der Waals surface area contributed by atoms with Crippen molar-refractivity contribution in [2.24, 2.45) is 13.0 Å². The molecule has 3 rings (SSSR count). The molecule has 0 radical (unpaired) electrons. The molecule has 0 aliphatic heterocycles. The fraction of sp³-hybridized carbons (Fsp3) is 0.435. The van der Waals surface area contributed by atoms with Gasteiger partial charge in [-0.15, -0.1) is 5.10 Å². The smallest absolute Gasteiger partial charge is 0.350 e. The quantitative estimate of drug-likeness (QED) is 0.519. The Bertz CT molecular complexity index is 1190. The van der Waals surface area contributed by atoms with Gasteiger partial charge in [-0.1, -0.05) is 45.9 Å². The molecule has 1 amide bonds. The Morgan fingerprint density at radius 1 is 1.12 bits per heavy atom. The summed E-state index contributed by atoms with van der Waals surface area (Å²) in [6.45, 7) is 9.63. The van der Waals surface area contributed by atoms with Gasteiger partial charge in [0.15, 0.2) is 11.5 Å². The Morgan fingerprint density at radius 3 is 2.36 bits per heavy atom. The topological polar surface area (TPSA) is 104 Å². The van der Waals surface area contributed by atoms with Crippen LogP contribution in [0.3, 0.4) is 0 Å². The fourth-order valence-electron chi connectivity index (χ4n) is 3.50. The van der Waals surface area contributed by atoms with Gasteiger partial charge >= 0.3 is 11.7 Å². The van der Waals surface area contributed by atoms with E-state index in [0.29, 0.717) is 23.7 Å². The molecular weight excluding hydrogens is 427 g/mol. The van der Waals surface area contributed by atoms with E-state index < -0.39 is 17.5 Å². The molecular formula is C23H29FN6O3. The second-order valence-corrected chi connectivity index (χ2v) is 8.64. The van der Waals surface area contributed by atoms with Gasteiger partial charge in [0.1, 0.15) is 5.82 Å². The summed E-state index contributed by atoms with van der Waals surface area (Å²) in [4.78, 5) is 33.7. The van der Waals surface area contributed by atoms with Gasteiger partial charge in [-0.05, 0) is 31.4 Å². The summed E-state index contributed by atoms with van der Waals surface area (Å²) < 4.78 is 23.2. The van der Waals surface area contributed by atoms with E-state index in [9.17, 15) is 9.59 Å². The molecule has 10 heteroatoms. The van der Waals surface area contributed by atoms with Crippen molar-refractivity contribution >= 4 is 11.7 Å². The molecule has 3 aromatic rings. The molecule has 0 fully saturated rings. The maximum atomic E-state index is 15.3. The molecule has 0 aliphatic rings. The minimum atomic E-state index is -1.03. The van der Waals surface area contributed by atoms with Crippen molar-refractivity contribution in [2.45, 2.75) is 53.1 Å². The van der Waals surface area contributed by atoms with Crippen LogP contribution in [-0.2, 0) is 7.05 Å². The van der Waals surface area contributed by atoms with Gasteiger partial charge < -0.3 is 10.1 Å². The van der Waals surface area contributed by atoms with E-state index in [-0.39, 0.29) is 29.5 Å². The van der Waals surface area contributed by atoms with Crippen molar-refractivity contribution in [1.82, 2.24) is 24.3 Å². The predicted molar refractivity (Wildman–Crippen MR) is 122 cm³/mol. The third-order valence-corrected chi connectivity index (χ3v) is 4.94. The van der Waals surface area contributed by atoms with Gasteiger partial charge in [0.25, 0.3) is 5.91 Å². The summed E-state index contributed by atoms with van der Waals surface area (Å²) in [5, 5.41) is 6.85. The number of anilines is 1. The number of amides is 1. The molecule has 0 aliphatic carbocycles. The SMILES string of the molecule is CC(C)C[C@H](C)Oc1nc(F)c(-n2nc(C(C)C)n(C)c2=O)c(NC(=O)c2ccccc2)n1. The third-order valence-electron chi connectivity index (χ3n) is 4.94. The molecule has 1 atom stereocenters. The van der Waals surface area contributed by atoms with Gasteiger partial charge in [0, 0.05) is 18.5 Å². The molecule has 0 saturated carbocycles. The first-order valence-corrected chi connectivity index (χ1v) is 10.8. The number of rotatable bonds is 8. The van der Waals surface area contributed by atoms with Gasteiger partial charge in [-0.25, -0.2) is 4.79 Å². The highest BCUT2D eigenvalue weighted by atomic mass is 19.1. The first kappa shape index (κ1) is 24.1. The van der Waals surface area contributed by atoms with Crippen LogP contribution < -0.4 is 15.7 Å². The lowest BCUT2D eigenvalue weighted by Gasteiger charge is -2.17. The number of carbonyl (C=O) groups excluding carboxylic acids is 1. The zero-order chi connectivity index (χ0) is 24.3. The molecule has 176 valence electrons. The van der Waals surface area contributed by atoms with Gasteiger partial charge in [-0.2, -0.15) is 19.0 Å². The van der Waals surface area contributed by atoms with Crippen LogP contribution in [0.4, 0.5) is 10.2 Å². The average molecular weight is 457 g/mol. The lowest BCUT2D eigenvalue weighted by Crippen LogP contribution is -2.26. The van der Waals surface area contributed by atoms with Crippen LogP contribution in [0.25, 0.3) is 5.69 Å². The van der Waals surface area contributed by atoms with Crippen molar-refractivity contribution < 1.29 is 13.9 Å². The Balaban J connectivity index is 2.11. The Labute approximate surface area is 191 Å². The maximum Gasteiger partial charge on any atom is 0.350 e. The standard InChI is InChI=1S/C23H29FN6O3/c1-13(2)12-15(5)33-22-25-18(24)17(30-23(32)29(6)20(28-30)14(3)4)19(27-22)26-21(31)16-10-8-7-9-11-16/h7-11,13-15H,12H2,1-6H3,(H,25,26,27,31)/t15-/m0/s1. The number of halogens is 1. The van der Waals surface area contributed by atoms with E-state index in [1.165, 1.54) is 4.57 Å². The number of nitrogens with zero attached hydrogens (tertiary/aromatic N) is 5. The number of nitrogens with one attached hydrogen (secondary N) is 1. The summed E-state index contributed by atoms with van der Waals surface area (Å²) in [7, 11) is 1.55. The fourth-order valence-corrected chi connectivity index (χ4v) is 3.50. The summed E-state index contributed by atoms with van der Waals surface area (Å²) in [6.07, 6.45) is 0.425. The van der Waals surface area contributed by atoms with Crippen molar-refractivity contribution in [2.75, 3.05) is 5.32 Å². The molecule has 0 spiro atoms. The monoisotopic (exact) mass is 456 g/mol. The number of hydrogen-bond acceptors (Lipinski definition) is 6. The molecule has 0 saturated heterocycles. The molecule has 9 nitrogen and oxygen atoms in total. The predicted octanol–water partition coefficient (Wildman–Crippen LogP) is 3.69. The van der Waals surface area contributed by atoms with E-state index in [2.05, 4.69) is 20.4 Å². The largest absolute Gasteiger partial charge is 0.460 e. The second-order valence-electron chi connectivity index (χ2n) is 8.64. The normalized spacial score (nSPS) is 12.3. The third kappa shape index (κ3) is 5.44. The molecule has 2 aromatic heterocycles. The second kappa shape index (κ2) is 9.93. The van der Waals surface area contributed by atoms with Crippen LogP contribution in [0.1, 0.15) is 63.1 Å². The van der Waals surface area contributed by atoms with Crippen LogP contribution in [0.15, 0.2) is 35.1 Å². The van der Waals surface area contributed by atoms with E-state index in [1.54, 1.807) is 37.4 Å². The minimum Gasteiger partial charge on any atom is -0.460 e. The molecule has 0 unspecified atom stereocenters. The highest BCUT2D eigenvalue weighted by molar-refractivity contribution is 6.04. The van der Waals surface area contributed by atoms with Gasteiger partial charge in [0.2, 0.25) is 5.95 Å². The molecule has 1 N–H and O–H groups in total. The van der Waals surface area contributed by atoms with Crippen LogP contribution >= 0.6 is 0 Å². The lowest BCUT2D eigenvalue weighted by molar-refractivity contribution is 0.102. The van der Waals surface area contributed by atoms with Crippen molar-refractivity contribution in [3.8, 4) is 11.7 Å². The van der Waals surface area contributed by atoms with Gasteiger partial charge in [-0.3, -0.25) is 9.36 Å².